The van der Waals surface area contributed by atoms with Gasteiger partial charge in [0.2, 0.25) is 0 Å². The fourth-order valence-corrected chi connectivity index (χ4v) is 3.59. The van der Waals surface area contributed by atoms with Crippen LogP contribution in [0, 0.1) is 0 Å². The van der Waals surface area contributed by atoms with Crippen LogP contribution in [0.2, 0.25) is 0 Å². The zero-order valence-electron chi connectivity index (χ0n) is 14.0. The number of hydrogen-bond donors (Lipinski definition) is 1. The lowest BCUT2D eigenvalue weighted by atomic mass is 10.2. The third kappa shape index (κ3) is 4.26. The predicted octanol–water partition coefficient (Wildman–Crippen LogP) is 2.11. The number of amides is 1. The van der Waals surface area contributed by atoms with Crippen molar-refractivity contribution in [1.29, 1.82) is 0 Å². The summed E-state index contributed by atoms with van der Waals surface area (Å²) < 4.78 is 30.9. The first-order valence-electron chi connectivity index (χ1n) is 8.26. The average Bonchev–Trinajstić information content (AvgIpc) is 3.27. The summed E-state index contributed by atoms with van der Waals surface area (Å²) in [4.78, 5) is 12.5. The molecule has 1 aliphatic heterocycles. The van der Waals surface area contributed by atoms with Crippen LogP contribution in [0.15, 0.2) is 41.6 Å². The monoisotopic (exact) mass is 363 g/mol. The van der Waals surface area contributed by atoms with E-state index in [1.54, 1.807) is 24.0 Å². The van der Waals surface area contributed by atoms with Crippen molar-refractivity contribution in [3.05, 3.63) is 42.2 Å². The molecule has 0 aliphatic carbocycles. The molecule has 1 amide bonds. The second kappa shape index (κ2) is 7.37. The van der Waals surface area contributed by atoms with Crippen LogP contribution in [0.4, 0.5) is 5.69 Å². The number of ether oxygens (including phenoxy) is 1. The molecule has 1 fully saturated rings. The first-order chi connectivity index (χ1) is 12.0. The summed E-state index contributed by atoms with van der Waals surface area (Å²) in [5.41, 5.74) is 0.982. The van der Waals surface area contributed by atoms with Gasteiger partial charge in [-0.05, 0) is 37.1 Å². The van der Waals surface area contributed by atoms with Crippen LogP contribution in [0.5, 0.6) is 0 Å². The SMILES string of the molecule is CCS(=O)(=O)c1ccc(C(=O)Nc2cnn(CC3CCCO3)c2)cc1. The number of rotatable bonds is 6. The van der Waals surface area contributed by atoms with Crippen LogP contribution in [0.1, 0.15) is 30.1 Å². The maximum atomic E-state index is 12.3. The van der Waals surface area contributed by atoms with Gasteiger partial charge in [0.05, 0.1) is 35.2 Å². The number of sulfone groups is 1. The van der Waals surface area contributed by atoms with Gasteiger partial charge in [0.25, 0.3) is 5.91 Å². The van der Waals surface area contributed by atoms with E-state index in [9.17, 15) is 13.2 Å². The van der Waals surface area contributed by atoms with Crippen molar-refractivity contribution >= 4 is 21.4 Å². The molecule has 3 rings (SSSR count). The van der Waals surface area contributed by atoms with E-state index in [1.165, 1.54) is 24.3 Å². The van der Waals surface area contributed by atoms with Crippen molar-refractivity contribution in [2.75, 3.05) is 17.7 Å². The lowest BCUT2D eigenvalue weighted by Gasteiger charge is -2.08. The highest BCUT2D eigenvalue weighted by atomic mass is 32.2. The fourth-order valence-electron chi connectivity index (χ4n) is 2.71. The van der Waals surface area contributed by atoms with E-state index in [-0.39, 0.29) is 22.7 Å². The Balaban J connectivity index is 1.63. The Morgan fingerprint density at radius 2 is 2.12 bits per heavy atom. The van der Waals surface area contributed by atoms with Crippen molar-refractivity contribution in [2.45, 2.75) is 37.3 Å². The van der Waals surface area contributed by atoms with Gasteiger partial charge in [-0.1, -0.05) is 6.92 Å². The van der Waals surface area contributed by atoms with E-state index < -0.39 is 9.84 Å². The molecule has 0 saturated carbocycles. The summed E-state index contributed by atoms with van der Waals surface area (Å²) in [6.07, 6.45) is 5.61. The summed E-state index contributed by atoms with van der Waals surface area (Å²) in [7, 11) is -3.26. The second-order valence-electron chi connectivity index (χ2n) is 5.97. The molecule has 1 saturated heterocycles. The molecule has 1 aromatic heterocycles. The first-order valence-corrected chi connectivity index (χ1v) is 9.91. The Morgan fingerprint density at radius 1 is 1.36 bits per heavy atom. The molecule has 134 valence electrons. The van der Waals surface area contributed by atoms with E-state index in [1.807, 2.05) is 0 Å². The maximum absolute atomic E-state index is 12.3. The molecule has 0 spiro atoms. The number of carbonyl (C=O) groups excluding carboxylic acids is 1. The van der Waals surface area contributed by atoms with Crippen molar-refractivity contribution in [3.63, 3.8) is 0 Å². The minimum atomic E-state index is -3.26. The molecule has 25 heavy (non-hydrogen) atoms. The van der Waals surface area contributed by atoms with Crippen molar-refractivity contribution in [1.82, 2.24) is 9.78 Å². The first kappa shape index (κ1) is 17.6. The van der Waals surface area contributed by atoms with Crippen molar-refractivity contribution in [3.8, 4) is 0 Å². The Bertz CT molecular complexity index is 837. The highest BCUT2D eigenvalue weighted by molar-refractivity contribution is 7.91. The number of carbonyl (C=O) groups is 1. The number of anilines is 1. The van der Waals surface area contributed by atoms with Gasteiger partial charge in [0, 0.05) is 18.4 Å². The second-order valence-corrected chi connectivity index (χ2v) is 8.25. The fraction of sp³-hybridized carbons (Fsp3) is 0.412. The van der Waals surface area contributed by atoms with Gasteiger partial charge >= 0.3 is 0 Å². The highest BCUT2D eigenvalue weighted by Crippen LogP contribution is 2.16. The normalized spacial score (nSPS) is 17.6. The van der Waals surface area contributed by atoms with Gasteiger partial charge in [-0.2, -0.15) is 5.10 Å². The summed E-state index contributed by atoms with van der Waals surface area (Å²) in [6, 6.07) is 5.92. The molecule has 1 N–H and O–H groups in total. The molecule has 0 radical (unpaired) electrons. The van der Waals surface area contributed by atoms with E-state index in [0.29, 0.717) is 17.8 Å². The largest absolute Gasteiger partial charge is 0.376 e. The van der Waals surface area contributed by atoms with Gasteiger partial charge in [0.1, 0.15) is 0 Å². The lowest BCUT2D eigenvalue weighted by Crippen LogP contribution is -2.15. The molecular weight excluding hydrogens is 342 g/mol. The van der Waals surface area contributed by atoms with E-state index in [2.05, 4.69) is 10.4 Å². The van der Waals surface area contributed by atoms with Gasteiger partial charge in [-0.25, -0.2) is 8.42 Å². The number of benzene rings is 1. The summed E-state index contributed by atoms with van der Waals surface area (Å²) in [6.45, 7) is 3.04. The van der Waals surface area contributed by atoms with E-state index in [0.717, 1.165) is 19.4 Å². The van der Waals surface area contributed by atoms with Gasteiger partial charge in [0.15, 0.2) is 9.84 Å². The van der Waals surface area contributed by atoms with Crippen LogP contribution < -0.4 is 5.32 Å². The van der Waals surface area contributed by atoms with Crippen LogP contribution in [0.25, 0.3) is 0 Å². The topological polar surface area (TPSA) is 90.3 Å². The molecule has 1 aliphatic rings. The molecule has 1 atom stereocenters. The maximum Gasteiger partial charge on any atom is 0.255 e. The third-order valence-corrected chi connectivity index (χ3v) is 5.91. The number of aromatic nitrogens is 2. The number of hydrogen-bond acceptors (Lipinski definition) is 5. The van der Waals surface area contributed by atoms with Crippen LogP contribution in [-0.4, -0.2) is 42.6 Å². The molecule has 8 heteroatoms. The lowest BCUT2D eigenvalue weighted by molar-refractivity contribution is 0.0940. The van der Waals surface area contributed by atoms with Crippen LogP contribution >= 0.6 is 0 Å². The molecule has 7 nitrogen and oxygen atoms in total. The summed E-state index contributed by atoms with van der Waals surface area (Å²) >= 11 is 0. The molecule has 1 aromatic carbocycles. The standard InChI is InChI=1S/C17H21N3O4S/c1-2-25(22,23)16-7-5-13(6-8-16)17(21)19-14-10-18-20(11-14)12-15-4-3-9-24-15/h5-8,10-11,15H,2-4,9,12H2,1H3,(H,19,21). The van der Waals surface area contributed by atoms with E-state index >= 15 is 0 Å². The Hall–Kier alpha value is -2.19. The predicted molar refractivity (Wildman–Crippen MR) is 93.3 cm³/mol. The quantitative estimate of drug-likeness (QED) is 0.849. The number of nitrogens with one attached hydrogen (secondary N) is 1. The third-order valence-electron chi connectivity index (χ3n) is 4.16. The Kier molecular flexibility index (Phi) is 5.19. The van der Waals surface area contributed by atoms with Crippen LogP contribution in [0.3, 0.4) is 0 Å². The zero-order chi connectivity index (χ0) is 17.9. The Labute approximate surface area is 146 Å². The Morgan fingerprint density at radius 3 is 2.76 bits per heavy atom. The van der Waals surface area contributed by atoms with Crippen LogP contribution in [-0.2, 0) is 21.1 Å². The van der Waals surface area contributed by atoms with Crippen molar-refractivity contribution in [2.24, 2.45) is 0 Å². The van der Waals surface area contributed by atoms with E-state index in [4.69, 9.17) is 4.74 Å². The highest BCUT2D eigenvalue weighted by Gasteiger charge is 2.17. The zero-order valence-corrected chi connectivity index (χ0v) is 14.8. The molecule has 2 aromatic rings. The smallest absolute Gasteiger partial charge is 0.255 e. The average molecular weight is 363 g/mol. The molecule has 0 bridgehead atoms. The minimum Gasteiger partial charge on any atom is -0.376 e. The molecule has 1 unspecified atom stereocenters. The minimum absolute atomic E-state index is 0.0302. The van der Waals surface area contributed by atoms with Gasteiger partial charge in [-0.3, -0.25) is 9.48 Å². The van der Waals surface area contributed by atoms with Gasteiger partial charge < -0.3 is 10.1 Å². The summed E-state index contributed by atoms with van der Waals surface area (Å²) in [5, 5.41) is 6.99. The molecule has 2 heterocycles. The summed E-state index contributed by atoms with van der Waals surface area (Å²) in [5.74, 6) is -0.278. The molecular formula is C17H21N3O4S. The van der Waals surface area contributed by atoms with Gasteiger partial charge in [-0.15, -0.1) is 0 Å². The van der Waals surface area contributed by atoms with Crippen molar-refractivity contribution < 1.29 is 17.9 Å². The number of nitrogens with zero attached hydrogens (tertiary/aromatic N) is 2.